The fraction of sp³-hybridized carbons (Fsp3) is 0.375. The van der Waals surface area contributed by atoms with E-state index in [2.05, 4.69) is 25.3 Å². The largest absolute Gasteiger partial charge is 0.416 e. The number of benzene rings is 2. The normalized spacial score (nSPS) is 16.4. The van der Waals surface area contributed by atoms with Crippen molar-refractivity contribution in [1.29, 1.82) is 0 Å². The van der Waals surface area contributed by atoms with Crippen LogP contribution in [0.4, 0.5) is 13.2 Å². The van der Waals surface area contributed by atoms with Crippen molar-refractivity contribution in [3.63, 3.8) is 0 Å². The van der Waals surface area contributed by atoms with Crippen molar-refractivity contribution in [2.75, 3.05) is 32.7 Å². The molecule has 0 saturated carbocycles. The number of hydrogen-bond acceptors (Lipinski definition) is 6. The van der Waals surface area contributed by atoms with Gasteiger partial charge in [-0.05, 0) is 24.6 Å². The fourth-order valence-corrected chi connectivity index (χ4v) is 3.88. The number of carbonyl (C=O) groups excluding carboxylic acids is 1. The summed E-state index contributed by atoms with van der Waals surface area (Å²) in [5.41, 5.74) is 0.551. The van der Waals surface area contributed by atoms with Crippen LogP contribution in [0.2, 0.25) is 0 Å². The number of rotatable bonds is 7. The van der Waals surface area contributed by atoms with Gasteiger partial charge in [-0.3, -0.25) is 14.6 Å². The second-order valence-corrected chi connectivity index (χ2v) is 8.29. The van der Waals surface area contributed by atoms with Crippen molar-refractivity contribution in [1.82, 2.24) is 25.3 Å². The smallest absolute Gasteiger partial charge is 0.351 e. The Morgan fingerprint density at radius 2 is 1.82 bits per heavy atom. The molecule has 0 bridgehead atoms. The van der Waals surface area contributed by atoms with Crippen LogP contribution in [0.25, 0.3) is 11.4 Å². The monoisotopic (exact) mass is 473 g/mol. The van der Waals surface area contributed by atoms with Gasteiger partial charge in [0.15, 0.2) is 0 Å². The van der Waals surface area contributed by atoms with Crippen molar-refractivity contribution >= 4 is 5.91 Å². The standard InChI is InChI=1S/C24H26F3N5O2/c1-17(23-29-22(30-34-23)19-8-5-9-20(14-19)24(25,26)27)32-12-10-31(11-13-32)16-21(33)28-15-18-6-3-2-4-7-18/h2-9,14,17H,10-13,15-16H2,1H3,(H,28,33). The van der Waals surface area contributed by atoms with Gasteiger partial charge in [-0.15, -0.1) is 0 Å². The summed E-state index contributed by atoms with van der Waals surface area (Å²) in [5.74, 6) is 0.455. The lowest BCUT2D eigenvalue weighted by Crippen LogP contribution is -2.49. The van der Waals surface area contributed by atoms with Gasteiger partial charge >= 0.3 is 6.18 Å². The zero-order valence-electron chi connectivity index (χ0n) is 18.8. The number of aromatic nitrogens is 2. The van der Waals surface area contributed by atoms with Crippen molar-refractivity contribution < 1.29 is 22.5 Å². The van der Waals surface area contributed by atoms with Gasteiger partial charge in [0.25, 0.3) is 0 Å². The first kappa shape index (κ1) is 23.9. The summed E-state index contributed by atoms with van der Waals surface area (Å²) in [5, 5.41) is 6.82. The van der Waals surface area contributed by atoms with Crippen LogP contribution in [0.3, 0.4) is 0 Å². The number of nitrogens with zero attached hydrogens (tertiary/aromatic N) is 4. The maximum Gasteiger partial charge on any atom is 0.416 e. The second-order valence-electron chi connectivity index (χ2n) is 8.29. The molecule has 1 amide bonds. The highest BCUT2D eigenvalue weighted by Gasteiger charge is 2.31. The minimum Gasteiger partial charge on any atom is -0.351 e. The number of amides is 1. The van der Waals surface area contributed by atoms with E-state index in [-0.39, 0.29) is 23.3 Å². The van der Waals surface area contributed by atoms with E-state index in [0.717, 1.165) is 17.7 Å². The van der Waals surface area contributed by atoms with Gasteiger partial charge in [0.1, 0.15) is 0 Å². The maximum absolute atomic E-state index is 13.0. The van der Waals surface area contributed by atoms with Crippen LogP contribution in [0.15, 0.2) is 59.1 Å². The van der Waals surface area contributed by atoms with E-state index in [1.54, 1.807) is 0 Å². The van der Waals surface area contributed by atoms with Crippen molar-refractivity contribution in [2.45, 2.75) is 25.7 Å². The zero-order valence-corrected chi connectivity index (χ0v) is 18.8. The van der Waals surface area contributed by atoms with Gasteiger partial charge in [0.05, 0.1) is 18.2 Å². The molecule has 1 aliphatic heterocycles. The number of carbonyl (C=O) groups is 1. The van der Waals surface area contributed by atoms with Gasteiger partial charge in [0.2, 0.25) is 17.6 Å². The first-order valence-corrected chi connectivity index (χ1v) is 11.1. The highest BCUT2D eigenvalue weighted by atomic mass is 19.4. The first-order chi connectivity index (χ1) is 16.3. The fourth-order valence-electron chi connectivity index (χ4n) is 3.88. The van der Waals surface area contributed by atoms with E-state index in [9.17, 15) is 18.0 Å². The van der Waals surface area contributed by atoms with Crippen molar-refractivity contribution in [3.05, 3.63) is 71.6 Å². The van der Waals surface area contributed by atoms with E-state index in [1.165, 1.54) is 12.1 Å². The molecule has 1 unspecified atom stereocenters. The average Bonchev–Trinajstić information content (AvgIpc) is 3.33. The summed E-state index contributed by atoms with van der Waals surface area (Å²) in [6.45, 7) is 5.57. The minimum atomic E-state index is -4.44. The highest BCUT2D eigenvalue weighted by Crippen LogP contribution is 2.32. The van der Waals surface area contributed by atoms with Crippen LogP contribution in [-0.4, -0.2) is 58.6 Å². The number of halogens is 3. The maximum atomic E-state index is 13.0. The molecule has 1 aliphatic rings. The van der Waals surface area contributed by atoms with Crippen LogP contribution < -0.4 is 5.32 Å². The van der Waals surface area contributed by atoms with Gasteiger partial charge in [0, 0.05) is 38.3 Å². The molecule has 34 heavy (non-hydrogen) atoms. The molecular formula is C24H26F3N5O2. The third-order valence-electron chi connectivity index (χ3n) is 5.90. The Bertz CT molecular complexity index is 1100. The van der Waals surface area contributed by atoms with E-state index < -0.39 is 11.7 Å². The van der Waals surface area contributed by atoms with Crippen LogP contribution in [0.5, 0.6) is 0 Å². The Labute approximate surface area is 195 Å². The molecule has 0 spiro atoms. The molecule has 2 heterocycles. The molecule has 1 atom stereocenters. The Morgan fingerprint density at radius 3 is 2.53 bits per heavy atom. The molecule has 1 N–H and O–H groups in total. The molecule has 10 heteroatoms. The van der Waals surface area contributed by atoms with Crippen LogP contribution in [-0.2, 0) is 17.5 Å². The Balaban J connectivity index is 1.28. The Morgan fingerprint density at radius 1 is 1.09 bits per heavy atom. The lowest BCUT2D eigenvalue weighted by atomic mass is 10.1. The van der Waals surface area contributed by atoms with Crippen LogP contribution >= 0.6 is 0 Å². The molecule has 1 aromatic heterocycles. The first-order valence-electron chi connectivity index (χ1n) is 11.1. The summed E-state index contributed by atoms with van der Waals surface area (Å²) >= 11 is 0. The average molecular weight is 473 g/mol. The molecule has 0 aliphatic carbocycles. The number of alkyl halides is 3. The molecule has 3 aromatic rings. The molecule has 4 rings (SSSR count). The summed E-state index contributed by atoms with van der Waals surface area (Å²) in [4.78, 5) is 20.9. The zero-order chi connectivity index (χ0) is 24.1. The quantitative estimate of drug-likeness (QED) is 0.564. The summed E-state index contributed by atoms with van der Waals surface area (Å²) in [6.07, 6.45) is -4.44. The third kappa shape index (κ3) is 6.00. The molecule has 0 radical (unpaired) electrons. The van der Waals surface area contributed by atoms with E-state index >= 15 is 0 Å². The topological polar surface area (TPSA) is 74.5 Å². The molecule has 2 aromatic carbocycles. The van der Waals surface area contributed by atoms with Crippen molar-refractivity contribution in [2.24, 2.45) is 0 Å². The second kappa shape index (κ2) is 10.4. The molecule has 1 saturated heterocycles. The molecule has 7 nitrogen and oxygen atoms in total. The predicted octanol–water partition coefficient (Wildman–Crippen LogP) is 3.75. The third-order valence-corrected chi connectivity index (χ3v) is 5.90. The summed E-state index contributed by atoms with van der Waals surface area (Å²) in [6, 6.07) is 14.4. The van der Waals surface area contributed by atoms with Gasteiger partial charge in [-0.2, -0.15) is 18.2 Å². The number of piperazine rings is 1. The number of nitrogens with one attached hydrogen (secondary N) is 1. The lowest BCUT2D eigenvalue weighted by molar-refractivity contribution is -0.137. The Kier molecular flexibility index (Phi) is 7.28. The molecule has 1 fully saturated rings. The molecule has 180 valence electrons. The Hall–Kier alpha value is -3.24. The van der Waals surface area contributed by atoms with Crippen LogP contribution in [0.1, 0.15) is 30.0 Å². The van der Waals surface area contributed by atoms with E-state index in [1.807, 2.05) is 37.3 Å². The predicted molar refractivity (Wildman–Crippen MR) is 119 cm³/mol. The van der Waals surface area contributed by atoms with Gasteiger partial charge in [-0.25, -0.2) is 0 Å². The van der Waals surface area contributed by atoms with Gasteiger partial charge < -0.3 is 9.84 Å². The summed E-state index contributed by atoms with van der Waals surface area (Å²) in [7, 11) is 0. The van der Waals surface area contributed by atoms with Crippen molar-refractivity contribution in [3.8, 4) is 11.4 Å². The van der Waals surface area contributed by atoms with Crippen LogP contribution in [0, 0.1) is 0 Å². The minimum absolute atomic E-state index is 0.0204. The van der Waals surface area contributed by atoms with E-state index in [0.29, 0.717) is 45.2 Å². The lowest BCUT2D eigenvalue weighted by Gasteiger charge is -2.36. The number of hydrogen-bond donors (Lipinski definition) is 1. The van der Waals surface area contributed by atoms with Gasteiger partial charge in [-0.1, -0.05) is 47.6 Å². The SMILES string of the molecule is CC(c1nc(-c2cccc(C(F)(F)F)c2)no1)N1CCN(CC(=O)NCc2ccccc2)CC1. The van der Waals surface area contributed by atoms with E-state index in [4.69, 9.17) is 4.52 Å². The highest BCUT2D eigenvalue weighted by molar-refractivity contribution is 5.78. The molecular weight excluding hydrogens is 447 g/mol. The summed E-state index contributed by atoms with van der Waals surface area (Å²) < 4.78 is 44.3.